The zero-order valence-corrected chi connectivity index (χ0v) is 9.86. The van der Waals surface area contributed by atoms with Gasteiger partial charge in [-0.3, -0.25) is 9.88 Å². The van der Waals surface area contributed by atoms with Crippen LogP contribution in [-0.4, -0.2) is 42.2 Å². The number of rotatable bonds is 3. The molecule has 1 aromatic heterocycles. The summed E-state index contributed by atoms with van der Waals surface area (Å²) in [6.07, 6.45) is 3.59. The lowest BCUT2D eigenvalue weighted by Crippen LogP contribution is -2.45. The number of hydrogen-bond donors (Lipinski definition) is 1. The predicted molar refractivity (Wildman–Crippen MR) is 63.3 cm³/mol. The molecule has 0 bridgehead atoms. The van der Waals surface area contributed by atoms with Gasteiger partial charge < -0.3 is 10.5 Å². The van der Waals surface area contributed by atoms with Crippen LogP contribution in [0.2, 0.25) is 5.02 Å². The van der Waals surface area contributed by atoms with Gasteiger partial charge in [0.2, 0.25) is 0 Å². The van der Waals surface area contributed by atoms with E-state index in [0.29, 0.717) is 6.54 Å². The van der Waals surface area contributed by atoms with Crippen molar-refractivity contribution >= 4 is 11.6 Å². The lowest BCUT2D eigenvalue weighted by molar-refractivity contribution is -0.0260. The van der Waals surface area contributed by atoms with Crippen LogP contribution in [0.3, 0.4) is 0 Å². The van der Waals surface area contributed by atoms with Gasteiger partial charge in [-0.05, 0) is 11.6 Å². The van der Waals surface area contributed by atoms with Crippen molar-refractivity contribution in [1.29, 1.82) is 0 Å². The average Bonchev–Trinajstić information content (AvgIpc) is 2.32. The van der Waals surface area contributed by atoms with Crippen LogP contribution in [0.1, 0.15) is 5.56 Å². The second-order valence-electron chi connectivity index (χ2n) is 3.93. The summed E-state index contributed by atoms with van der Waals surface area (Å²) >= 11 is 6.07. The van der Waals surface area contributed by atoms with Crippen molar-refractivity contribution in [3.8, 4) is 0 Å². The van der Waals surface area contributed by atoms with Gasteiger partial charge in [-0.25, -0.2) is 0 Å². The van der Waals surface area contributed by atoms with E-state index in [1.54, 1.807) is 12.4 Å². The standard InChI is InChI=1S/C11H16ClN3O/c12-11-6-14-2-1-9(11)7-15-3-4-16-10(5-13)8-15/h1-2,6,10H,3-5,7-8,13H2. The van der Waals surface area contributed by atoms with Crippen molar-refractivity contribution in [3.63, 3.8) is 0 Å². The molecule has 2 rings (SSSR count). The highest BCUT2D eigenvalue weighted by Gasteiger charge is 2.19. The highest BCUT2D eigenvalue weighted by molar-refractivity contribution is 6.31. The fourth-order valence-electron chi connectivity index (χ4n) is 1.84. The molecule has 1 unspecified atom stereocenters. The Labute approximate surface area is 100 Å². The molecule has 2 N–H and O–H groups in total. The average molecular weight is 242 g/mol. The highest BCUT2D eigenvalue weighted by Crippen LogP contribution is 2.17. The largest absolute Gasteiger partial charge is 0.374 e. The first-order valence-electron chi connectivity index (χ1n) is 5.42. The first kappa shape index (κ1) is 11.8. The van der Waals surface area contributed by atoms with Gasteiger partial charge in [0, 0.05) is 38.6 Å². The van der Waals surface area contributed by atoms with Gasteiger partial charge in [0.1, 0.15) is 0 Å². The maximum absolute atomic E-state index is 6.07. The number of nitrogens with zero attached hydrogens (tertiary/aromatic N) is 2. The number of halogens is 1. The summed E-state index contributed by atoms with van der Waals surface area (Å²) in [4.78, 5) is 6.28. The molecule has 1 atom stereocenters. The third kappa shape index (κ3) is 2.92. The maximum atomic E-state index is 6.07. The van der Waals surface area contributed by atoms with Crippen molar-refractivity contribution in [2.24, 2.45) is 5.73 Å². The Balaban J connectivity index is 1.97. The fraction of sp³-hybridized carbons (Fsp3) is 0.545. The van der Waals surface area contributed by atoms with Crippen molar-refractivity contribution in [2.45, 2.75) is 12.6 Å². The molecule has 1 aliphatic rings. The molecular weight excluding hydrogens is 226 g/mol. The minimum atomic E-state index is 0.148. The van der Waals surface area contributed by atoms with Crippen LogP contribution in [0.5, 0.6) is 0 Å². The third-order valence-electron chi connectivity index (χ3n) is 2.74. The van der Waals surface area contributed by atoms with Crippen LogP contribution in [0.25, 0.3) is 0 Å². The molecular formula is C11H16ClN3O. The van der Waals surface area contributed by atoms with Crippen LogP contribution in [0, 0.1) is 0 Å². The van der Waals surface area contributed by atoms with Crippen molar-refractivity contribution in [3.05, 3.63) is 29.0 Å². The summed E-state index contributed by atoms with van der Waals surface area (Å²) in [7, 11) is 0. The second kappa shape index (κ2) is 5.59. The maximum Gasteiger partial charge on any atom is 0.0824 e. The number of pyridine rings is 1. The summed E-state index contributed by atoms with van der Waals surface area (Å²) in [5, 5.41) is 0.721. The van der Waals surface area contributed by atoms with E-state index in [2.05, 4.69) is 9.88 Å². The molecule has 16 heavy (non-hydrogen) atoms. The molecule has 2 heterocycles. The third-order valence-corrected chi connectivity index (χ3v) is 3.08. The molecule has 0 aromatic carbocycles. The minimum absolute atomic E-state index is 0.148. The molecule has 88 valence electrons. The van der Waals surface area contributed by atoms with E-state index in [4.69, 9.17) is 22.1 Å². The Bertz CT molecular complexity index is 348. The Morgan fingerprint density at radius 3 is 3.25 bits per heavy atom. The van der Waals surface area contributed by atoms with E-state index >= 15 is 0 Å². The zero-order valence-electron chi connectivity index (χ0n) is 9.10. The van der Waals surface area contributed by atoms with E-state index in [1.165, 1.54) is 0 Å². The molecule has 4 nitrogen and oxygen atoms in total. The van der Waals surface area contributed by atoms with E-state index in [0.717, 1.165) is 36.8 Å². The fourth-order valence-corrected chi connectivity index (χ4v) is 2.02. The monoisotopic (exact) mass is 241 g/mol. The molecule has 5 heteroatoms. The van der Waals surface area contributed by atoms with Crippen LogP contribution in [0.15, 0.2) is 18.5 Å². The molecule has 0 saturated carbocycles. The van der Waals surface area contributed by atoms with Crippen molar-refractivity contribution in [1.82, 2.24) is 9.88 Å². The van der Waals surface area contributed by atoms with E-state index in [1.807, 2.05) is 6.07 Å². The lowest BCUT2D eigenvalue weighted by atomic mass is 10.2. The second-order valence-corrected chi connectivity index (χ2v) is 4.34. The van der Waals surface area contributed by atoms with Crippen LogP contribution >= 0.6 is 11.6 Å². The van der Waals surface area contributed by atoms with Crippen LogP contribution in [-0.2, 0) is 11.3 Å². The van der Waals surface area contributed by atoms with E-state index in [-0.39, 0.29) is 6.10 Å². The summed E-state index contributed by atoms with van der Waals surface area (Å²) in [6.45, 7) is 3.94. The van der Waals surface area contributed by atoms with Crippen LogP contribution < -0.4 is 5.73 Å². The first-order chi connectivity index (χ1) is 7.79. The lowest BCUT2D eigenvalue weighted by Gasteiger charge is -2.32. The number of aromatic nitrogens is 1. The van der Waals surface area contributed by atoms with E-state index in [9.17, 15) is 0 Å². The minimum Gasteiger partial charge on any atom is -0.374 e. The molecule has 1 aliphatic heterocycles. The first-order valence-corrected chi connectivity index (χ1v) is 5.80. The molecule has 1 saturated heterocycles. The van der Waals surface area contributed by atoms with Gasteiger partial charge in [0.15, 0.2) is 0 Å². The molecule has 0 radical (unpaired) electrons. The molecule has 0 spiro atoms. The molecule has 1 fully saturated rings. The zero-order chi connectivity index (χ0) is 11.4. The summed E-state index contributed by atoms with van der Waals surface area (Å²) < 4.78 is 5.51. The van der Waals surface area contributed by atoms with Crippen LogP contribution in [0.4, 0.5) is 0 Å². The Morgan fingerprint density at radius 1 is 1.62 bits per heavy atom. The van der Waals surface area contributed by atoms with Gasteiger partial charge in [-0.1, -0.05) is 11.6 Å². The van der Waals surface area contributed by atoms with E-state index < -0.39 is 0 Å². The molecule has 1 aromatic rings. The van der Waals surface area contributed by atoms with Gasteiger partial charge in [0.25, 0.3) is 0 Å². The number of morpholine rings is 1. The van der Waals surface area contributed by atoms with Crippen molar-refractivity contribution in [2.75, 3.05) is 26.2 Å². The highest BCUT2D eigenvalue weighted by atomic mass is 35.5. The number of ether oxygens (including phenoxy) is 1. The topological polar surface area (TPSA) is 51.4 Å². The predicted octanol–water partition coefficient (Wildman–Crippen LogP) is 0.894. The quantitative estimate of drug-likeness (QED) is 0.854. The molecule has 0 aliphatic carbocycles. The Morgan fingerprint density at radius 2 is 2.50 bits per heavy atom. The Hall–Kier alpha value is -0.680. The van der Waals surface area contributed by atoms with Crippen molar-refractivity contribution < 1.29 is 4.74 Å². The summed E-state index contributed by atoms with van der Waals surface area (Å²) in [6, 6.07) is 1.95. The SMILES string of the molecule is NCC1CN(Cc2ccncc2Cl)CCO1. The summed E-state index contributed by atoms with van der Waals surface area (Å²) in [5.74, 6) is 0. The van der Waals surface area contributed by atoms with Gasteiger partial charge >= 0.3 is 0 Å². The normalized spacial score (nSPS) is 22.2. The van der Waals surface area contributed by atoms with Gasteiger partial charge in [0.05, 0.1) is 17.7 Å². The molecule has 0 amide bonds. The van der Waals surface area contributed by atoms with Gasteiger partial charge in [-0.15, -0.1) is 0 Å². The number of hydrogen-bond acceptors (Lipinski definition) is 4. The van der Waals surface area contributed by atoms with Gasteiger partial charge in [-0.2, -0.15) is 0 Å². The Kier molecular flexibility index (Phi) is 4.12. The summed E-state index contributed by atoms with van der Waals surface area (Å²) in [5.41, 5.74) is 6.71. The number of nitrogens with two attached hydrogens (primary N) is 1. The smallest absolute Gasteiger partial charge is 0.0824 e.